The molecular formula is C22H24ClNO5S. The monoisotopic (exact) mass is 449 g/mol. The van der Waals surface area contributed by atoms with Crippen molar-refractivity contribution < 1.29 is 23.4 Å². The molecule has 1 heterocycles. The molecule has 6 nitrogen and oxygen atoms in total. The lowest BCUT2D eigenvalue weighted by Gasteiger charge is -2.39. The number of aliphatic carboxylic acids is 1. The summed E-state index contributed by atoms with van der Waals surface area (Å²) in [5, 5.41) is 22.4. The maximum absolute atomic E-state index is 13.6. The molecule has 8 heteroatoms. The number of benzene rings is 2. The molecule has 4 rings (SSSR count). The molecule has 2 atom stereocenters. The van der Waals surface area contributed by atoms with Crippen LogP contribution >= 0.6 is 11.6 Å². The van der Waals surface area contributed by atoms with Crippen LogP contribution in [0.3, 0.4) is 0 Å². The van der Waals surface area contributed by atoms with Gasteiger partial charge < -0.3 is 10.2 Å². The first kappa shape index (κ1) is 21.2. The van der Waals surface area contributed by atoms with Crippen molar-refractivity contribution in [1.29, 1.82) is 0 Å². The fourth-order valence-electron chi connectivity index (χ4n) is 4.85. The SMILES string of the molecule is Cc1ccc(S(=O)(=O)N2c3ccc(Cl)cc3C(O)(C3CCCCC3)C2C(=O)O)cc1. The lowest BCUT2D eigenvalue weighted by atomic mass is 9.71. The van der Waals surface area contributed by atoms with Crippen LogP contribution in [0.4, 0.5) is 5.69 Å². The lowest BCUT2D eigenvalue weighted by Crippen LogP contribution is -2.55. The summed E-state index contributed by atoms with van der Waals surface area (Å²) in [6.45, 7) is 1.84. The van der Waals surface area contributed by atoms with E-state index >= 15 is 0 Å². The van der Waals surface area contributed by atoms with Crippen molar-refractivity contribution in [3.05, 3.63) is 58.6 Å². The molecule has 2 aromatic rings. The Labute approximate surface area is 181 Å². The average Bonchev–Trinajstić information content (AvgIpc) is 2.99. The summed E-state index contributed by atoms with van der Waals surface area (Å²) >= 11 is 6.19. The normalized spacial score (nSPS) is 24.6. The van der Waals surface area contributed by atoms with Gasteiger partial charge in [-0.3, -0.25) is 0 Å². The van der Waals surface area contributed by atoms with Crippen LogP contribution < -0.4 is 4.31 Å². The van der Waals surface area contributed by atoms with Gasteiger partial charge in [-0.2, -0.15) is 0 Å². The first-order valence-electron chi connectivity index (χ1n) is 10.0. The highest BCUT2D eigenvalue weighted by Crippen LogP contribution is 2.54. The first-order valence-corrected chi connectivity index (χ1v) is 11.9. The van der Waals surface area contributed by atoms with Crippen molar-refractivity contribution in [2.75, 3.05) is 4.31 Å². The number of nitrogens with zero attached hydrogens (tertiary/aromatic N) is 1. The molecular weight excluding hydrogens is 426 g/mol. The van der Waals surface area contributed by atoms with Crippen LogP contribution in [0.1, 0.15) is 43.2 Å². The van der Waals surface area contributed by atoms with Crippen molar-refractivity contribution in [3.63, 3.8) is 0 Å². The van der Waals surface area contributed by atoms with Crippen molar-refractivity contribution in [2.45, 2.75) is 55.6 Å². The quantitative estimate of drug-likeness (QED) is 0.733. The Morgan fingerprint density at radius 3 is 2.33 bits per heavy atom. The molecule has 1 saturated carbocycles. The molecule has 2 N–H and O–H groups in total. The number of aryl methyl sites for hydroxylation is 1. The maximum atomic E-state index is 13.6. The lowest BCUT2D eigenvalue weighted by molar-refractivity contribution is -0.149. The second-order valence-corrected chi connectivity index (χ2v) is 10.4. The summed E-state index contributed by atoms with van der Waals surface area (Å²) in [6, 6.07) is 9.08. The van der Waals surface area contributed by atoms with E-state index in [2.05, 4.69) is 0 Å². The van der Waals surface area contributed by atoms with E-state index < -0.39 is 27.6 Å². The number of sulfonamides is 1. The third kappa shape index (κ3) is 3.20. The largest absolute Gasteiger partial charge is 0.480 e. The van der Waals surface area contributed by atoms with Gasteiger partial charge in [0.25, 0.3) is 10.0 Å². The number of hydrogen-bond donors (Lipinski definition) is 2. The zero-order valence-corrected chi connectivity index (χ0v) is 18.2. The third-order valence-electron chi connectivity index (χ3n) is 6.32. The Bertz CT molecular complexity index is 1080. The van der Waals surface area contributed by atoms with E-state index in [1.807, 2.05) is 6.92 Å². The van der Waals surface area contributed by atoms with Crippen molar-refractivity contribution in [2.24, 2.45) is 5.92 Å². The van der Waals surface area contributed by atoms with E-state index in [-0.39, 0.29) is 22.1 Å². The van der Waals surface area contributed by atoms with E-state index in [9.17, 15) is 23.4 Å². The standard InChI is InChI=1S/C22H24ClNO5S/c1-14-7-10-17(11-8-14)30(28,29)24-19-12-9-16(23)13-18(19)22(27,20(24)21(25)26)15-5-3-2-4-6-15/h7-13,15,20,27H,2-6H2,1H3,(H,25,26). The molecule has 30 heavy (non-hydrogen) atoms. The molecule has 0 aromatic heterocycles. The molecule has 0 radical (unpaired) electrons. The molecule has 1 aliphatic carbocycles. The number of fused-ring (bicyclic) bond motifs is 1. The fourth-order valence-corrected chi connectivity index (χ4v) is 6.68. The number of aliphatic hydroxyl groups is 1. The number of carboxylic acids is 1. The topological polar surface area (TPSA) is 94.9 Å². The summed E-state index contributed by atoms with van der Waals surface area (Å²) in [7, 11) is -4.24. The van der Waals surface area contributed by atoms with Crippen molar-refractivity contribution in [3.8, 4) is 0 Å². The smallest absolute Gasteiger partial charge is 0.330 e. The highest BCUT2D eigenvalue weighted by atomic mass is 35.5. The van der Waals surface area contributed by atoms with Gasteiger partial charge in [0.1, 0.15) is 5.60 Å². The molecule has 1 aliphatic heterocycles. The molecule has 2 unspecified atom stereocenters. The Balaban J connectivity index is 1.95. The Morgan fingerprint density at radius 1 is 1.10 bits per heavy atom. The Morgan fingerprint density at radius 2 is 1.73 bits per heavy atom. The molecule has 160 valence electrons. The zero-order chi connectivity index (χ0) is 21.7. The van der Waals surface area contributed by atoms with Gasteiger partial charge in [0, 0.05) is 10.6 Å². The summed E-state index contributed by atoms with van der Waals surface area (Å²) < 4.78 is 28.1. The van der Waals surface area contributed by atoms with E-state index in [4.69, 9.17) is 11.6 Å². The third-order valence-corrected chi connectivity index (χ3v) is 8.35. The number of carbonyl (C=O) groups is 1. The Hall–Kier alpha value is -2.09. The van der Waals surface area contributed by atoms with Gasteiger partial charge in [-0.25, -0.2) is 17.5 Å². The van der Waals surface area contributed by atoms with E-state index in [1.165, 1.54) is 30.3 Å². The first-order chi connectivity index (χ1) is 14.2. The minimum atomic E-state index is -4.24. The highest BCUT2D eigenvalue weighted by Gasteiger charge is 2.61. The summed E-state index contributed by atoms with van der Waals surface area (Å²) in [6.07, 6.45) is 3.99. The van der Waals surface area contributed by atoms with Crippen LogP contribution in [0, 0.1) is 12.8 Å². The van der Waals surface area contributed by atoms with Gasteiger partial charge in [0.05, 0.1) is 10.6 Å². The van der Waals surface area contributed by atoms with Crippen LogP contribution in [0.2, 0.25) is 5.02 Å². The molecule has 2 aliphatic rings. The predicted octanol–water partition coefficient (Wildman–Crippen LogP) is 4.08. The number of anilines is 1. The van der Waals surface area contributed by atoms with E-state index in [0.29, 0.717) is 17.9 Å². The number of carboxylic acid groups (broad SMARTS) is 1. The van der Waals surface area contributed by atoms with Gasteiger partial charge in [-0.05, 0) is 56.0 Å². The van der Waals surface area contributed by atoms with Crippen LogP contribution in [-0.2, 0) is 20.4 Å². The highest BCUT2D eigenvalue weighted by molar-refractivity contribution is 7.93. The Kier molecular flexibility index (Phi) is 5.33. The van der Waals surface area contributed by atoms with Gasteiger partial charge in [0.2, 0.25) is 0 Å². The molecule has 0 spiro atoms. The number of hydrogen-bond acceptors (Lipinski definition) is 4. The molecule has 1 fully saturated rings. The summed E-state index contributed by atoms with van der Waals surface area (Å²) in [5.41, 5.74) is -0.536. The maximum Gasteiger partial charge on any atom is 0.330 e. The van der Waals surface area contributed by atoms with Crippen LogP contribution in [-0.4, -0.2) is 30.6 Å². The molecule has 0 saturated heterocycles. The minimum Gasteiger partial charge on any atom is -0.480 e. The summed E-state index contributed by atoms with van der Waals surface area (Å²) in [5.74, 6) is -1.76. The molecule has 0 amide bonds. The van der Waals surface area contributed by atoms with Crippen LogP contribution in [0.15, 0.2) is 47.4 Å². The fraction of sp³-hybridized carbons (Fsp3) is 0.409. The van der Waals surface area contributed by atoms with E-state index in [1.54, 1.807) is 12.1 Å². The second-order valence-electron chi connectivity index (χ2n) is 8.18. The molecule has 0 bridgehead atoms. The average molecular weight is 450 g/mol. The van der Waals surface area contributed by atoms with Gasteiger partial charge in [0.15, 0.2) is 6.04 Å². The minimum absolute atomic E-state index is 0.0202. The van der Waals surface area contributed by atoms with E-state index in [0.717, 1.165) is 29.1 Å². The van der Waals surface area contributed by atoms with Gasteiger partial charge in [-0.1, -0.05) is 48.6 Å². The van der Waals surface area contributed by atoms with Crippen LogP contribution in [0.5, 0.6) is 0 Å². The summed E-state index contributed by atoms with van der Waals surface area (Å²) in [4.78, 5) is 12.4. The molecule has 2 aromatic carbocycles. The number of halogens is 1. The van der Waals surface area contributed by atoms with Gasteiger partial charge >= 0.3 is 5.97 Å². The van der Waals surface area contributed by atoms with Gasteiger partial charge in [-0.15, -0.1) is 0 Å². The van der Waals surface area contributed by atoms with Crippen molar-refractivity contribution >= 4 is 33.3 Å². The second kappa shape index (κ2) is 7.55. The van der Waals surface area contributed by atoms with Crippen molar-refractivity contribution in [1.82, 2.24) is 0 Å². The zero-order valence-electron chi connectivity index (χ0n) is 16.6. The number of rotatable bonds is 4. The van der Waals surface area contributed by atoms with Crippen LogP contribution in [0.25, 0.3) is 0 Å². The predicted molar refractivity (Wildman–Crippen MR) is 114 cm³/mol.